The summed E-state index contributed by atoms with van der Waals surface area (Å²) in [5.74, 6) is 1.44. The van der Waals surface area contributed by atoms with Gasteiger partial charge in [0.1, 0.15) is 11.5 Å². The number of carbonyl (C=O) groups excluding carboxylic acids is 1. The highest BCUT2D eigenvalue weighted by Crippen LogP contribution is 2.16. The van der Waals surface area contributed by atoms with Gasteiger partial charge >= 0.3 is 0 Å². The molecular weight excluding hydrogens is 228 g/mol. The molecule has 0 aliphatic carbocycles. The molecule has 0 radical (unpaired) electrons. The fourth-order valence-electron chi connectivity index (χ4n) is 1.67. The predicted octanol–water partition coefficient (Wildman–Crippen LogP) is 2.66. The van der Waals surface area contributed by atoms with Gasteiger partial charge in [-0.3, -0.25) is 4.79 Å². The molecule has 0 saturated heterocycles. The maximum absolute atomic E-state index is 12.0. The monoisotopic (exact) mass is 244 g/mol. The molecule has 1 aromatic heterocycles. The number of benzene rings is 1. The zero-order chi connectivity index (χ0) is 13.1. The van der Waals surface area contributed by atoms with Gasteiger partial charge in [-0.15, -0.1) is 0 Å². The Labute approximate surface area is 106 Å². The highest BCUT2D eigenvalue weighted by molar-refractivity contribution is 5.94. The van der Waals surface area contributed by atoms with Crippen molar-refractivity contribution in [3.8, 4) is 0 Å². The average Bonchev–Trinajstić information content (AvgIpc) is 2.76. The van der Waals surface area contributed by atoms with E-state index in [1.807, 2.05) is 26.0 Å². The molecule has 1 heterocycles. The van der Waals surface area contributed by atoms with Crippen LogP contribution in [0.15, 0.2) is 40.8 Å². The summed E-state index contributed by atoms with van der Waals surface area (Å²) in [5, 5.41) is 2.87. The molecule has 0 spiro atoms. The highest BCUT2D eigenvalue weighted by atomic mass is 16.3. The summed E-state index contributed by atoms with van der Waals surface area (Å²) in [4.78, 5) is 12.0. The number of furan rings is 1. The topological polar surface area (TPSA) is 68.3 Å². The Balaban J connectivity index is 2.05. The Morgan fingerprint density at radius 3 is 2.44 bits per heavy atom. The summed E-state index contributed by atoms with van der Waals surface area (Å²) in [5.41, 5.74) is 6.80. The lowest BCUT2D eigenvalue weighted by atomic mass is 10.1. The predicted molar refractivity (Wildman–Crippen MR) is 70.2 cm³/mol. The Morgan fingerprint density at radius 1 is 1.22 bits per heavy atom. The van der Waals surface area contributed by atoms with Crippen molar-refractivity contribution in [2.45, 2.75) is 19.9 Å². The van der Waals surface area contributed by atoms with Gasteiger partial charge in [-0.1, -0.05) is 0 Å². The summed E-state index contributed by atoms with van der Waals surface area (Å²) in [7, 11) is 0. The lowest BCUT2D eigenvalue weighted by Gasteiger charge is -2.11. The van der Waals surface area contributed by atoms with E-state index in [-0.39, 0.29) is 11.9 Å². The van der Waals surface area contributed by atoms with Crippen molar-refractivity contribution in [3.63, 3.8) is 0 Å². The number of aryl methyl sites for hydroxylation is 1. The van der Waals surface area contributed by atoms with E-state index in [1.54, 1.807) is 24.3 Å². The molecule has 2 aromatic rings. The van der Waals surface area contributed by atoms with Gasteiger partial charge in [0, 0.05) is 11.3 Å². The number of hydrogen-bond donors (Lipinski definition) is 2. The second-order valence-electron chi connectivity index (χ2n) is 4.27. The molecule has 0 aliphatic rings. The third kappa shape index (κ3) is 2.71. The number of carbonyl (C=O) groups is 1. The molecule has 0 fully saturated rings. The van der Waals surface area contributed by atoms with Crippen molar-refractivity contribution >= 4 is 11.6 Å². The number of nitrogens with two attached hydrogens (primary N) is 1. The quantitative estimate of drug-likeness (QED) is 0.815. The summed E-state index contributed by atoms with van der Waals surface area (Å²) in [6.45, 7) is 3.76. The normalized spacial score (nSPS) is 12.1. The largest absolute Gasteiger partial charge is 0.464 e. The number of nitrogens with one attached hydrogen (secondary N) is 1. The van der Waals surface area contributed by atoms with Crippen LogP contribution in [0.5, 0.6) is 0 Å². The Morgan fingerprint density at radius 2 is 1.89 bits per heavy atom. The van der Waals surface area contributed by atoms with Crippen LogP contribution < -0.4 is 11.1 Å². The van der Waals surface area contributed by atoms with E-state index in [0.29, 0.717) is 11.3 Å². The van der Waals surface area contributed by atoms with Gasteiger partial charge in [0.15, 0.2) is 0 Å². The smallest absolute Gasteiger partial charge is 0.251 e. The summed E-state index contributed by atoms with van der Waals surface area (Å²) < 4.78 is 5.47. The van der Waals surface area contributed by atoms with Gasteiger partial charge < -0.3 is 15.5 Å². The average molecular weight is 244 g/mol. The molecule has 0 aliphatic heterocycles. The molecule has 2 rings (SSSR count). The summed E-state index contributed by atoms with van der Waals surface area (Å²) >= 11 is 0. The van der Waals surface area contributed by atoms with Gasteiger partial charge in [0.2, 0.25) is 0 Å². The first-order valence-electron chi connectivity index (χ1n) is 5.79. The summed E-state index contributed by atoms with van der Waals surface area (Å²) in [6, 6.07) is 10.4. The van der Waals surface area contributed by atoms with E-state index in [4.69, 9.17) is 10.2 Å². The van der Waals surface area contributed by atoms with Crippen LogP contribution in [0, 0.1) is 6.92 Å². The minimum atomic E-state index is -0.163. The fraction of sp³-hybridized carbons (Fsp3) is 0.214. The van der Waals surface area contributed by atoms with Gasteiger partial charge in [0.25, 0.3) is 5.91 Å². The maximum atomic E-state index is 12.0. The number of nitrogen functional groups attached to an aromatic ring is 1. The molecular formula is C14H16N2O2. The third-order valence-electron chi connectivity index (χ3n) is 2.71. The second-order valence-corrected chi connectivity index (χ2v) is 4.27. The first kappa shape index (κ1) is 12.2. The number of amides is 1. The molecule has 4 nitrogen and oxygen atoms in total. The van der Waals surface area contributed by atoms with Crippen molar-refractivity contribution in [2.75, 3.05) is 5.73 Å². The van der Waals surface area contributed by atoms with Gasteiger partial charge in [0.05, 0.1) is 6.04 Å². The molecule has 0 saturated carbocycles. The molecule has 18 heavy (non-hydrogen) atoms. The van der Waals surface area contributed by atoms with Crippen LogP contribution in [0.1, 0.15) is 34.8 Å². The standard InChI is InChI=1S/C14H16N2O2/c1-9-3-8-13(18-9)10(2)16-14(17)11-4-6-12(15)7-5-11/h3-8,10H,15H2,1-2H3,(H,16,17). The lowest BCUT2D eigenvalue weighted by Crippen LogP contribution is -2.26. The van der Waals surface area contributed by atoms with E-state index in [2.05, 4.69) is 5.32 Å². The Kier molecular flexibility index (Phi) is 3.37. The lowest BCUT2D eigenvalue weighted by molar-refractivity contribution is 0.0935. The van der Waals surface area contributed by atoms with E-state index >= 15 is 0 Å². The van der Waals surface area contributed by atoms with Crippen LogP contribution in [0.3, 0.4) is 0 Å². The van der Waals surface area contributed by atoms with Crippen LogP contribution in [-0.2, 0) is 0 Å². The van der Waals surface area contributed by atoms with Crippen molar-refractivity contribution in [1.29, 1.82) is 0 Å². The van der Waals surface area contributed by atoms with Gasteiger partial charge in [-0.05, 0) is 50.2 Å². The van der Waals surface area contributed by atoms with Crippen molar-refractivity contribution in [3.05, 3.63) is 53.5 Å². The molecule has 1 aromatic carbocycles. The SMILES string of the molecule is Cc1ccc(C(C)NC(=O)c2ccc(N)cc2)o1. The molecule has 94 valence electrons. The van der Waals surface area contributed by atoms with Crippen molar-refractivity contribution in [1.82, 2.24) is 5.32 Å². The zero-order valence-electron chi connectivity index (χ0n) is 10.4. The van der Waals surface area contributed by atoms with Crippen molar-refractivity contribution in [2.24, 2.45) is 0 Å². The van der Waals surface area contributed by atoms with Crippen LogP contribution in [0.25, 0.3) is 0 Å². The van der Waals surface area contributed by atoms with Crippen LogP contribution >= 0.6 is 0 Å². The van der Waals surface area contributed by atoms with E-state index in [9.17, 15) is 4.79 Å². The molecule has 1 atom stereocenters. The maximum Gasteiger partial charge on any atom is 0.251 e. The molecule has 1 amide bonds. The third-order valence-corrected chi connectivity index (χ3v) is 2.71. The summed E-state index contributed by atoms with van der Waals surface area (Å²) in [6.07, 6.45) is 0. The second kappa shape index (κ2) is 4.96. The Hall–Kier alpha value is -2.23. The molecule has 3 N–H and O–H groups in total. The number of rotatable bonds is 3. The van der Waals surface area contributed by atoms with Crippen LogP contribution in [0.4, 0.5) is 5.69 Å². The van der Waals surface area contributed by atoms with E-state index in [1.165, 1.54) is 0 Å². The molecule has 4 heteroatoms. The molecule has 0 bridgehead atoms. The fourth-order valence-corrected chi connectivity index (χ4v) is 1.67. The van der Waals surface area contributed by atoms with Crippen LogP contribution in [-0.4, -0.2) is 5.91 Å². The van der Waals surface area contributed by atoms with E-state index in [0.717, 1.165) is 11.5 Å². The highest BCUT2D eigenvalue weighted by Gasteiger charge is 2.13. The minimum absolute atomic E-state index is 0.142. The number of anilines is 1. The van der Waals surface area contributed by atoms with Crippen LogP contribution in [0.2, 0.25) is 0 Å². The van der Waals surface area contributed by atoms with Crippen molar-refractivity contribution < 1.29 is 9.21 Å². The van der Waals surface area contributed by atoms with Gasteiger partial charge in [-0.25, -0.2) is 0 Å². The minimum Gasteiger partial charge on any atom is -0.464 e. The number of hydrogen-bond acceptors (Lipinski definition) is 3. The van der Waals surface area contributed by atoms with Gasteiger partial charge in [-0.2, -0.15) is 0 Å². The Bertz CT molecular complexity index is 543. The first-order valence-corrected chi connectivity index (χ1v) is 5.79. The zero-order valence-corrected chi connectivity index (χ0v) is 10.4. The molecule has 1 unspecified atom stereocenters. The van der Waals surface area contributed by atoms with E-state index < -0.39 is 0 Å². The first-order chi connectivity index (χ1) is 8.56.